The molecule has 1 aromatic rings. The SMILES string of the molecule is Cc1c(C(=O)N[C@@H](C)C(=O)O)cnn1C. The van der Waals surface area contributed by atoms with E-state index in [0.717, 1.165) is 0 Å². The number of hydrogen-bond donors (Lipinski definition) is 2. The number of amides is 1. The summed E-state index contributed by atoms with van der Waals surface area (Å²) in [6.07, 6.45) is 1.42. The van der Waals surface area contributed by atoms with Crippen LogP contribution >= 0.6 is 0 Å². The zero-order valence-electron chi connectivity index (χ0n) is 8.81. The van der Waals surface area contributed by atoms with Gasteiger partial charge in [0.2, 0.25) is 0 Å². The van der Waals surface area contributed by atoms with Crippen LogP contribution in [0.1, 0.15) is 23.0 Å². The molecule has 82 valence electrons. The summed E-state index contributed by atoms with van der Waals surface area (Å²) in [6.45, 7) is 3.15. The van der Waals surface area contributed by atoms with Gasteiger partial charge in [0.1, 0.15) is 6.04 Å². The highest BCUT2D eigenvalue weighted by Crippen LogP contribution is 2.05. The van der Waals surface area contributed by atoms with Crippen LogP contribution in [0.4, 0.5) is 0 Å². The molecular weight excluding hydrogens is 198 g/mol. The van der Waals surface area contributed by atoms with E-state index in [1.807, 2.05) is 0 Å². The lowest BCUT2D eigenvalue weighted by molar-refractivity contribution is -0.138. The lowest BCUT2D eigenvalue weighted by Crippen LogP contribution is -2.38. The molecule has 0 saturated heterocycles. The van der Waals surface area contributed by atoms with E-state index in [2.05, 4.69) is 10.4 Å². The second-order valence-electron chi connectivity index (χ2n) is 3.30. The van der Waals surface area contributed by atoms with Crippen molar-refractivity contribution >= 4 is 11.9 Å². The van der Waals surface area contributed by atoms with E-state index < -0.39 is 17.9 Å². The summed E-state index contributed by atoms with van der Waals surface area (Å²) in [5.41, 5.74) is 1.09. The zero-order chi connectivity index (χ0) is 11.6. The van der Waals surface area contributed by atoms with E-state index in [9.17, 15) is 9.59 Å². The molecule has 1 atom stereocenters. The number of aryl methyl sites for hydroxylation is 1. The van der Waals surface area contributed by atoms with Gasteiger partial charge in [-0.3, -0.25) is 14.3 Å². The standard InChI is InChI=1S/C9H13N3O3/c1-5(9(14)15)11-8(13)7-4-10-12(3)6(7)2/h4-5H,1-3H3,(H,11,13)(H,14,15)/t5-/m0/s1. The minimum absolute atomic E-state index is 0.394. The van der Waals surface area contributed by atoms with Crippen LogP contribution < -0.4 is 5.32 Å². The molecule has 0 radical (unpaired) electrons. The summed E-state index contributed by atoms with van der Waals surface area (Å²) in [5, 5.41) is 14.9. The molecule has 0 fully saturated rings. The molecular formula is C9H13N3O3. The first-order valence-electron chi connectivity index (χ1n) is 4.45. The van der Waals surface area contributed by atoms with Crippen LogP contribution in [0.15, 0.2) is 6.20 Å². The van der Waals surface area contributed by atoms with Gasteiger partial charge >= 0.3 is 5.97 Å². The molecule has 0 aliphatic carbocycles. The van der Waals surface area contributed by atoms with Crippen molar-refractivity contribution in [3.63, 3.8) is 0 Å². The van der Waals surface area contributed by atoms with Gasteiger partial charge in [-0.05, 0) is 13.8 Å². The molecule has 1 amide bonds. The molecule has 0 bridgehead atoms. The molecule has 1 aromatic heterocycles. The predicted molar refractivity (Wildman–Crippen MR) is 52.5 cm³/mol. The Morgan fingerprint density at radius 3 is 2.60 bits per heavy atom. The number of rotatable bonds is 3. The Morgan fingerprint density at radius 1 is 1.60 bits per heavy atom. The summed E-state index contributed by atoms with van der Waals surface area (Å²) in [7, 11) is 1.72. The smallest absolute Gasteiger partial charge is 0.325 e. The topological polar surface area (TPSA) is 84.2 Å². The molecule has 1 heterocycles. The highest BCUT2D eigenvalue weighted by Gasteiger charge is 2.18. The van der Waals surface area contributed by atoms with Gasteiger partial charge in [0.15, 0.2) is 0 Å². The van der Waals surface area contributed by atoms with Crippen molar-refractivity contribution in [3.05, 3.63) is 17.5 Å². The highest BCUT2D eigenvalue weighted by molar-refractivity contribution is 5.97. The van der Waals surface area contributed by atoms with Gasteiger partial charge in [-0.2, -0.15) is 5.10 Å². The molecule has 0 saturated carbocycles. The minimum Gasteiger partial charge on any atom is -0.480 e. The molecule has 6 heteroatoms. The van der Waals surface area contributed by atoms with Gasteiger partial charge in [-0.15, -0.1) is 0 Å². The highest BCUT2D eigenvalue weighted by atomic mass is 16.4. The number of nitrogens with one attached hydrogen (secondary N) is 1. The zero-order valence-corrected chi connectivity index (χ0v) is 8.81. The molecule has 1 rings (SSSR count). The van der Waals surface area contributed by atoms with E-state index in [0.29, 0.717) is 11.3 Å². The van der Waals surface area contributed by atoms with Crippen molar-refractivity contribution in [1.82, 2.24) is 15.1 Å². The van der Waals surface area contributed by atoms with Crippen LogP contribution in [0, 0.1) is 6.92 Å². The second-order valence-corrected chi connectivity index (χ2v) is 3.30. The second kappa shape index (κ2) is 4.12. The molecule has 0 unspecified atom stereocenters. The third-order valence-electron chi connectivity index (χ3n) is 2.20. The average molecular weight is 211 g/mol. The number of aromatic nitrogens is 2. The first-order chi connectivity index (χ1) is 6.93. The monoisotopic (exact) mass is 211 g/mol. The maximum absolute atomic E-state index is 11.6. The molecule has 0 spiro atoms. The fourth-order valence-electron chi connectivity index (χ4n) is 1.06. The van der Waals surface area contributed by atoms with Crippen LogP contribution in [0.5, 0.6) is 0 Å². The van der Waals surface area contributed by atoms with Gasteiger partial charge < -0.3 is 10.4 Å². The van der Waals surface area contributed by atoms with Gasteiger partial charge in [-0.1, -0.05) is 0 Å². The van der Waals surface area contributed by atoms with E-state index in [4.69, 9.17) is 5.11 Å². The predicted octanol–water partition coefficient (Wildman–Crippen LogP) is -0.0686. The van der Waals surface area contributed by atoms with Crippen LogP contribution in [-0.2, 0) is 11.8 Å². The van der Waals surface area contributed by atoms with Crippen LogP contribution in [0.25, 0.3) is 0 Å². The third kappa shape index (κ3) is 2.34. The largest absolute Gasteiger partial charge is 0.480 e. The molecule has 15 heavy (non-hydrogen) atoms. The quantitative estimate of drug-likeness (QED) is 0.733. The van der Waals surface area contributed by atoms with Gasteiger partial charge in [-0.25, -0.2) is 0 Å². The first-order valence-corrected chi connectivity index (χ1v) is 4.45. The molecule has 0 aliphatic rings. The van der Waals surface area contributed by atoms with Crippen LogP contribution in [-0.4, -0.2) is 32.8 Å². The maximum atomic E-state index is 11.6. The fourth-order valence-corrected chi connectivity index (χ4v) is 1.06. The van der Waals surface area contributed by atoms with Crippen molar-refractivity contribution in [3.8, 4) is 0 Å². The summed E-state index contributed by atoms with van der Waals surface area (Å²) in [4.78, 5) is 22.1. The Labute approximate surface area is 86.9 Å². The fraction of sp³-hybridized carbons (Fsp3) is 0.444. The Morgan fingerprint density at radius 2 is 2.20 bits per heavy atom. The van der Waals surface area contributed by atoms with E-state index >= 15 is 0 Å². The summed E-state index contributed by atoms with van der Waals surface area (Å²) >= 11 is 0. The van der Waals surface area contributed by atoms with Gasteiger partial charge in [0.25, 0.3) is 5.91 Å². The molecule has 6 nitrogen and oxygen atoms in total. The maximum Gasteiger partial charge on any atom is 0.325 e. The molecule has 2 N–H and O–H groups in total. The number of hydrogen-bond acceptors (Lipinski definition) is 3. The number of nitrogens with zero attached hydrogens (tertiary/aromatic N) is 2. The van der Waals surface area contributed by atoms with Crippen molar-refractivity contribution in [2.75, 3.05) is 0 Å². The molecule has 0 aliphatic heterocycles. The van der Waals surface area contributed by atoms with E-state index in [1.54, 1.807) is 18.7 Å². The summed E-state index contributed by atoms with van der Waals surface area (Å²) < 4.78 is 1.56. The molecule has 0 aromatic carbocycles. The average Bonchev–Trinajstić information content (AvgIpc) is 2.47. The lowest BCUT2D eigenvalue weighted by atomic mass is 10.2. The number of carboxylic acids is 1. The number of carboxylic acid groups (broad SMARTS) is 1. The van der Waals surface area contributed by atoms with Crippen molar-refractivity contribution in [2.24, 2.45) is 7.05 Å². The van der Waals surface area contributed by atoms with Crippen molar-refractivity contribution < 1.29 is 14.7 Å². The van der Waals surface area contributed by atoms with Crippen LogP contribution in [0.2, 0.25) is 0 Å². The Hall–Kier alpha value is -1.85. The van der Waals surface area contributed by atoms with Crippen molar-refractivity contribution in [1.29, 1.82) is 0 Å². The van der Waals surface area contributed by atoms with Crippen molar-refractivity contribution in [2.45, 2.75) is 19.9 Å². The van der Waals surface area contributed by atoms with Gasteiger partial charge in [0, 0.05) is 12.7 Å². The Balaban J connectivity index is 2.78. The number of aliphatic carboxylic acids is 1. The summed E-state index contributed by atoms with van der Waals surface area (Å²) in [5.74, 6) is -1.49. The lowest BCUT2D eigenvalue weighted by Gasteiger charge is -2.08. The number of carbonyl (C=O) groups is 2. The van der Waals surface area contributed by atoms with Crippen LogP contribution in [0.3, 0.4) is 0 Å². The van der Waals surface area contributed by atoms with E-state index in [-0.39, 0.29) is 0 Å². The summed E-state index contributed by atoms with van der Waals surface area (Å²) in [6, 6.07) is -0.905. The Bertz CT molecular complexity index is 397. The Kier molecular flexibility index (Phi) is 3.08. The van der Waals surface area contributed by atoms with E-state index in [1.165, 1.54) is 13.1 Å². The first kappa shape index (κ1) is 11.2. The minimum atomic E-state index is -1.06. The van der Waals surface area contributed by atoms with Gasteiger partial charge in [0.05, 0.1) is 11.8 Å². The third-order valence-corrected chi connectivity index (χ3v) is 2.20. The normalized spacial score (nSPS) is 12.2. The number of carbonyl (C=O) groups excluding carboxylic acids is 1.